The third-order valence-corrected chi connectivity index (χ3v) is 8.42. The molecule has 33 heavy (non-hydrogen) atoms. The van der Waals surface area contributed by atoms with Crippen LogP contribution in [0.4, 0.5) is 0 Å². The number of amides is 1. The van der Waals surface area contributed by atoms with Gasteiger partial charge in [-0.1, -0.05) is 25.1 Å². The highest BCUT2D eigenvalue weighted by Gasteiger charge is 2.59. The van der Waals surface area contributed by atoms with Crippen LogP contribution in [-0.2, 0) is 19.1 Å². The maximum Gasteiger partial charge on any atom is 0.221 e. The second-order valence-corrected chi connectivity index (χ2v) is 10.2. The monoisotopic (exact) mass is 442 g/mol. The Labute approximate surface area is 191 Å². The van der Waals surface area contributed by atoms with Crippen LogP contribution in [0.2, 0.25) is 0 Å². The third kappa shape index (κ3) is 2.93. The topological polar surface area (TPSA) is 99.4 Å². The van der Waals surface area contributed by atoms with E-state index >= 15 is 0 Å². The van der Waals surface area contributed by atoms with E-state index in [2.05, 4.69) is 18.0 Å². The number of carbonyl (C=O) groups is 3. The van der Waals surface area contributed by atoms with Crippen molar-refractivity contribution < 1.29 is 19.1 Å². The number of hydrogen-bond donors (Lipinski definition) is 1. The first kappa shape index (κ1) is 20.3. The third-order valence-electron chi connectivity index (χ3n) is 8.42. The van der Waals surface area contributed by atoms with Gasteiger partial charge in [-0.05, 0) is 46.9 Å². The molecule has 6 heteroatoms. The second kappa shape index (κ2) is 7.11. The van der Waals surface area contributed by atoms with Crippen LogP contribution < -0.4 is 5.73 Å². The van der Waals surface area contributed by atoms with Crippen molar-refractivity contribution in [1.82, 2.24) is 4.98 Å². The summed E-state index contributed by atoms with van der Waals surface area (Å²) >= 11 is 0. The van der Waals surface area contributed by atoms with Gasteiger partial charge < -0.3 is 10.5 Å². The summed E-state index contributed by atoms with van der Waals surface area (Å²) in [4.78, 5) is 42.2. The fourth-order valence-corrected chi connectivity index (χ4v) is 6.69. The van der Waals surface area contributed by atoms with Crippen molar-refractivity contribution in [2.45, 2.75) is 51.0 Å². The van der Waals surface area contributed by atoms with Gasteiger partial charge in [0.1, 0.15) is 17.6 Å². The Balaban J connectivity index is 1.38. The van der Waals surface area contributed by atoms with Crippen molar-refractivity contribution in [1.29, 1.82) is 0 Å². The molecule has 0 spiro atoms. The number of carbonyl (C=O) groups excluding carboxylic acids is 3. The van der Waals surface area contributed by atoms with Crippen LogP contribution in [-0.4, -0.2) is 28.6 Å². The van der Waals surface area contributed by atoms with Crippen LogP contribution in [0, 0.1) is 17.3 Å². The smallest absolute Gasteiger partial charge is 0.221 e. The number of nitrogens with two attached hydrogens (primary N) is 1. The van der Waals surface area contributed by atoms with Crippen molar-refractivity contribution in [3.63, 3.8) is 0 Å². The number of fused-ring (bicyclic) bond motifs is 4. The molecule has 2 aromatic rings. The molecule has 1 amide bonds. The number of primary amides is 1. The van der Waals surface area contributed by atoms with E-state index in [1.54, 1.807) is 6.20 Å². The van der Waals surface area contributed by atoms with E-state index in [0.717, 1.165) is 34.8 Å². The molecule has 1 aromatic carbocycles. The van der Waals surface area contributed by atoms with Crippen molar-refractivity contribution in [3.8, 4) is 0 Å². The normalized spacial score (nSPS) is 33.2. The molecule has 1 aliphatic heterocycles. The quantitative estimate of drug-likeness (QED) is 0.764. The number of hydrogen-bond acceptors (Lipinski definition) is 5. The molecule has 0 radical (unpaired) electrons. The van der Waals surface area contributed by atoms with Crippen LogP contribution in [0.1, 0.15) is 50.5 Å². The molecule has 6 rings (SSSR count). The minimum Gasteiger partial charge on any atom is -0.489 e. The highest BCUT2D eigenvalue weighted by atomic mass is 16.5. The minimum atomic E-state index is -0.525. The number of Topliss-reactive ketones (excluding diaryl/α,β-unsaturated/α-hetero) is 2. The summed E-state index contributed by atoms with van der Waals surface area (Å²) in [6, 6.07) is 8.10. The molecule has 168 valence electrons. The predicted octanol–water partition coefficient (Wildman–Crippen LogP) is 3.75. The molecule has 2 saturated carbocycles. The summed E-state index contributed by atoms with van der Waals surface area (Å²) in [5.41, 5.74) is 8.00. The van der Waals surface area contributed by atoms with Gasteiger partial charge in [0.2, 0.25) is 5.91 Å². The highest BCUT2D eigenvalue weighted by Crippen LogP contribution is 2.61. The molecule has 6 nitrogen and oxygen atoms in total. The lowest BCUT2D eigenvalue weighted by Crippen LogP contribution is -2.44. The molecule has 1 aromatic heterocycles. The highest BCUT2D eigenvalue weighted by molar-refractivity contribution is 6.02. The van der Waals surface area contributed by atoms with Gasteiger partial charge in [0.15, 0.2) is 5.78 Å². The number of rotatable bonds is 2. The molecular weight excluding hydrogens is 416 g/mol. The number of ketones is 2. The Morgan fingerprint density at radius 2 is 2.03 bits per heavy atom. The van der Waals surface area contributed by atoms with Crippen molar-refractivity contribution in [2.24, 2.45) is 23.0 Å². The second-order valence-electron chi connectivity index (χ2n) is 10.2. The van der Waals surface area contributed by atoms with Crippen LogP contribution in [0.5, 0.6) is 0 Å². The Kier molecular flexibility index (Phi) is 4.38. The number of benzene rings is 1. The maximum absolute atomic E-state index is 13.5. The molecular formula is C27H26N2O4. The molecule has 0 saturated heterocycles. The first-order valence-electron chi connectivity index (χ1n) is 11.6. The van der Waals surface area contributed by atoms with Gasteiger partial charge in [0, 0.05) is 48.9 Å². The van der Waals surface area contributed by atoms with Crippen LogP contribution in [0.15, 0.2) is 59.6 Å². The number of ether oxygens (including phenoxy) is 1. The van der Waals surface area contributed by atoms with Gasteiger partial charge in [-0.25, -0.2) is 0 Å². The number of nitrogens with zero attached hydrogens (tertiary/aromatic N) is 1. The van der Waals surface area contributed by atoms with Crippen LogP contribution >= 0.6 is 0 Å². The Morgan fingerprint density at radius 3 is 2.85 bits per heavy atom. The van der Waals surface area contributed by atoms with Crippen LogP contribution in [0.3, 0.4) is 0 Å². The van der Waals surface area contributed by atoms with Gasteiger partial charge in [0.25, 0.3) is 0 Å². The fraction of sp³-hybridized carbons (Fsp3) is 0.407. The Hall–Kier alpha value is -3.28. The number of aromatic nitrogens is 1. The van der Waals surface area contributed by atoms with Gasteiger partial charge in [-0.15, -0.1) is 0 Å². The molecule has 2 heterocycles. The summed E-state index contributed by atoms with van der Waals surface area (Å²) in [5, 5.41) is 2.11. The average molecular weight is 443 g/mol. The lowest BCUT2D eigenvalue weighted by atomic mass is 9.60. The Bertz CT molecular complexity index is 1290. The van der Waals surface area contributed by atoms with Crippen molar-refractivity contribution in [2.75, 3.05) is 0 Å². The first-order chi connectivity index (χ1) is 15.9. The van der Waals surface area contributed by atoms with E-state index < -0.39 is 11.8 Å². The van der Waals surface area contributed by atoms with E-state index in [1.165, 1.54) is 0 Å². The summed E-state index contributed by atoms with van der Waals surface area (Å²) in [6.07, 6.45) is 7.95. The summed E-state index contributed by atoms with van der Waals surface area (Å²) < 4.78 is 6.46. The summed E-state index contributed by atoms with van der Waals surface area (Å²) in [6.45, 7) is 2.22. The van der Waals surface area contributed by atoms with Gasteiger partial charge in [-0.3, -0.25) is 19.4 Å². The lowest BCUT2D eigenvalue weighted by molar-refractivity contribution is -0.127. The van der Waals surface area contributed by atoms with E-state index in [1.807, 2.05) is 30.5 Å². The summed E-state index contributed by atoms with van der Waals surface area (Å²) in [5.74, 6) is -0.451. The predicted molar refractivity (Wildman–Crippen MR) is 122 cm³/mol. The van der Waals surface area contributed by atoms with Crippen molar-refractivity contribution in [3.05, 3.63) is 65.2 Å². The van der Waals surface area contributed by atoms with Gasteiger partial charge in [0.05, 0.1) is 11.5 Å². The van der Waals surface area contributed by atoms with E-state index in [9.17, 15) is 14.4 Å². The zero-order valence-electron chi connectivity index (χ0n) is 18.5. The molecule has 1 unspecified atom stereocenters. The number of allylic oxidation sites excluding steroid dienone is 3. The van der Waals surface area contributed by atoms with Gasteiger partial charge >= 0.3 is 0 Å². The largest absolute Gasteiger partial charge is 0.489 e. The molecule has 2 N–H and O–H groups in total. The first-order valence-corrected chi connectivity index (χ1v) is 11.6. The number of pyridine rings is 1. The molecule has 3 aliphatic carbocycles. The minimum absolute atomic E-state index is 0.0187. The van der Waals surface area contributed by atoms with Crippen LogP contribution in [0.25, 0.3) is 10.8 Å². The van der Waals surface area contributed by atoms with E-state index in [0.29, 0.717) is 24.2 Å². The SMILES string of the molecule is C[C@]12CCC3=CC4=C(CC(C(N)=O)CC4=O)O[C@H]3[C@@H]1CC(=O)[C@@H]2c1cccc2cnccc12. The van der Waals surface area contributed by atoms with Gasteiger partial charge in [-0.2, -0.15) is 0 Å². The molecule has 5 atom stereocenters. The van der Waals surface area contributed by atoms with Crippen molar-refractivity contribution >= 4 is 28.2 Å². The zero-order valence-corrected chi connectivity index (χ0v) is 18.5. The zero-order chi connectivity index (χ0) is 22.9. The molecule has 0 bridgehead atoms. The molecule has 2 fully saturated rings. The summed E-state index contributed by atoms with van der Waals surface area (Å²) in [7, 11) is 0. The lowest BCUT2D eigenvalue weighted by Gasteiger charge is -2.47. The standard InChI is InChI=1S/C27H26N2O4/c1-27-7-5-14-9-19-21(30)10-16(26(28)32)11-23(19)33-25(14)20(27)12-22(31)24(27)18-4-2-3-15-13-29-8-6-17(15)18/h2-4,6,8-9,13,16,20,24-25H,5,7,10-12H2,1H3,(H2,28,32)/t16?,20-,24-,25+,27-/m0/s1. The maximum atomic E-state index is 13.5. The average Bonchev–Trinajstić information content (AvgIpc) is 3.08. The fourth-order valence-electron chi connectivity index (χ4n) is 6.69. The van der Waals surface area contributed by atoms with E-state index in [-0.39, 0.29) is 41.3 Å². The Morgan fingerprint density at radius 1 is 1.18 bits per heavy atom. The molecule has 4 aliphatic rings. The van der Waals surface area contributed by atoms with E-state index in [4.69, 9.17) is 10.5 Å².